The van der Waals surface area contributed by atoms with Crippen LogP contribution in [-0.2, 0) is 6.42 Å². The Kier molecular flexibility index (Phi) is 3.12. The van der Waals surface area contributed by atoms with Crippen molar-refractivity contribution in [3.8, 4) is 0 Å². The summed E-state index contributed by atoms with van der Waals surface area (Å²) in [7, 11) is 0. The summed E-state index contributed by atoms with van der Waals surface area (Å²) in [6.07, 6.45) is 4.13. The molecular weight excluding hydrogens is 259 g/mol. The predicted molar refractivity (Wildman–Crippen MR) is 61.2 cm³/mol. The minimum Gasteiger partial charge on any atom is -0.390 e. The van der Waals surface area contributed by atoms with Crippen LogP contribution in [0.1, 0.15) is 31.2 Å². The second-order valence-electron chi connectivity index (χ2n) is 4.34. The van der Waals surface area contributed by atoms with Gasteiger partial charge in [0.05, 0.1) is 5.60 Å². The molecule has 1 saturated carbocycles. The van der Waals surface area contributed by atoms with Gasteiger partial charge in [0.2, 0.25) is 0 Å². The van der Waals surface area contributed by atoms with Gasteiger partial charge in [-0.3, -0.25) is 0 Å². The summed E-state index contributed by atoms with van der Waals surface area (Å²) in [5, 5.41) is 10.2. The first-order valence-electron chi connectivity index (χ1n) is 5.25. The highest BCUT2D eigenvalue weighted by Gasteiger charge is 2.31. The summed E-state index contributed by atoms with van der Waals surface area (Å²) in [4.78, 5) is 0. The van der Waals surface area contributed by atoms with Gasteiger partial charge in [-0.1, -0.05) is 34.8 Å². The number of hydrogen-bond acceptors (Lipinski definition) is 1. The SMILES string of the molecule is OC1(Cc2ccc(Br)cc2F)CCCC1. The van der Waals surface area contributed by atoms with Crippen LogP contribution in [0, 0.1) is 5.82 Å². The highest BCUT2D eigenvalue weighted by molar-refractivity contribution is 9.10. The van der Waals surface area contributed by atoms with E-state index in [9.17, 15) is 9.50 Å². The number of benzene rings is 1. The maximum Gasteiger partial charge on any atom is 0.127 e. The van der Waals surface area contributed by atoms with Gasteiger partial charge in [0.15, 0.2) is 0 Å². The van der Waals surface area contributed by atoms with Gasteiger partial charge in [-0.2, -0.15) is 0 Å². The minimum absolute atomic E-state index is 0.232. The normalized spacial score (nSPS) is 19.4. The topological polar surface area (TPSA) is 20.2 Å². The zero-order valence-corrected chi connectivity index (χ0v) is 10.1. The molecule has 3 heteroatoms. The van der Waals surface area contributed by atoms with Crippen molar-refractivity contribution in [3.63, 3.8) is 0 Å². The van der Waals surface area contributed by atoms with Crippen LogP contribution in [0.5, 0.6) is 0 Å². The van der Waals surface area contributed by atoms with Gasteiger partial charge in [-0.05, 0) is 30.5 Å². The summed E-state index contributed by atoms with van der Waals surface area (Å²) in [5.41, 5.74) is -0.0584. The van der Waals surface area contributed by atoms with Gasteiger partial charge in [0.1, 0.15) is 5.82 Å². The van der Waals surface area contributed by atoms with Crippen molar-refractivity contribution in [2.75, 3.05) is 0 Å². The molecule has 1 aromatic rings. The van der Waals surface area contributed by atoms with E-state index < -0.39 is 5.60 Å². The first-order chi connectivity index (χ1) is 7.09. The molecule has 1 N–H and O–H groups in total. The third-order valence-corrected chi connectivity index (χ3v) is 3.56. The zero-order chi connectivity index (χ0) is 10.9. The highest BCUT2D eigenvalue weighted by Crippen LogP contribution is 2.33. The van der Waals surface area contributed by atoms with E-state index in [1.54, 1.807) is 6.07 Å². The molecule has 0 heterocycles. The molecule has 15 heavy (non-hydrogen) atoms. The number of hydrogen-bond donors (Lipinski definition) is 1. The smallest absolute Gasteiger partial charge is 0.127 e. The molecule has 1 aromatic carbocycles. The fourth-order valence-electron chi connectivity index (χ4n) is 2.23. The summed E-state index contributed by atoms with van der Waals surface area (Å²) in [6, 6.07) is 5.01. The van der Waals surface area contributed by atoms with E-state index in [4.69, 9.17) is 0 Å². The molecule has 0 bridgehead atoms. The van der Waals surface area contributed by atoms with Crippen molar-refractivity contribution in [3.05, 3.63) is 34.1 Å². The van der Waals surface area contributed by atoms with Gasteiger partial charge < -0.3 is 5.11 Å². The Bertz CT molecular complexity index is 359. The molecule has 1 aliphatic rings. The molecule has 0 atom stereocenters. The van der Waals surface area contributed by atoms with Crippen LogP contribution >= 0.6 is 15.9 Å². The van der Waals surface area contributed by atoms with Gasteiger partial charge in [-0.15, -0.1) is 0 Å². The minimum atomic E-state index is -0.672. The lowest BCUT2D eigenvalue weighted by Gasteiger charge is -2.22. The van der Waals surface area contributed by atoms with Crippen LogP contribution in [0.3, 0.4) is 0 Å². The van der Waals surface area contributed by atoms with Gasteiger partial charge >= 0.3 is 0 Å². The van der Waals surface area contributed by atoms with Crippen LogP contribution in [-0.4, -0.2) is 10.7 Å². The average molecular weight is 273 g/mol. The quantitative estimate of drug-likeness (QED) is 0.875. The van der Waals surface area contributed by atoms with Crippen molar-refractivity contribution in [2.45, 2.75) is 37.7 Å². The van der Waals surface area contributed by atoms with E-state index in [1.165, 1.54) is 6.07 Å². The summed E-state index contributed by atoms with van der Waals surface area (Å²) in [6.45, 7) is 0. The largest absolute Gasteiger partial charge is 0.390 e. The Morgan fingerprint density at radius 3 is 2.60 bits per heavy atom. The maximum atomic E-state index is 13.5. The molecule has 1 aliphatic carbocycles. The molecule has 1 fully saturated rings. The first kappa shape index (κ1) is 11.1. The second-order valence-corrected chi connectivity index (χ2v) is 5.26. The Balaban J connectivity index is 2.16. The monoisotopic (exact) mass is 272 g/mol. The summed E-state index contributed by atoms with van der Waals surface area (Å²) in [5.74, 6) is -0.232. The number of halogens is 2. The first-order valence-corrected chi connectivity index (χ1v) is 6.05. The predicted octanol–water partition coefficient (Wildman–Crippen LogP) is 3.44. The van der Waals surface area contributed by atoms with Crippen molar-refractivity contribution in [2.24, 2.45) is 0 Å². The van der Waals surface area contributed by atoms with Crippen LogP contribution in [0.15, 0.2) is 22.7 Å². The molecule has 0 unspecified atom stereocenters. The second kappa shape index (κ2) is 4.22. The van der Waals surface area contributed by atoms with Crippen molar-refractivity contribution < 1.29 is 9.50 Å². The Hall–Kier alpha value is -0.410. The maximum absolute atomic E-state index is 13.5. The average Bonchev–Trinajstić information content (AvgIpc) is 2.58. The molecule has 0 aromatic heterocycles. The molecule has 0 radical (unpaired) electrons. The lowest BCUT2D eigenvalue weighted by atomic mass is 9.93. The van der Waals surface area contributed by atoms with E-state index in [1.807, 2.05) is 6.07 Å². The zero-order valence-electron chi connectivity index (χ0n) is 8.47. The molecule has 82 valence electrons. The Morgan fingerprint density at radius 1 is 1.33 bits per heavy atom. The standard InChI is InChI=1S/C12H14BrFO/c13-10-4-3-9(11(14)7-10)8-12(15)5-1-2-6-12/h3-4,7,15H,1-2,5-6,8H2. The van der Waals surface area contributed by atoms with E-state index >= 15 is 0 Å². The van der Waals surface area contributed by atoms with Crippen molar-refractivity contribution in [1.82, 2.24) is 0 Å². The summed E-state index contributed by atoms with van der Waals surface area (Å²) < 4.78 is 14.3. The highest BCUT2D eigenvalue weighted by atomic mass is 79.9. The molecule has 0 aliphatic heterocycles. The third kappa shape index (κ3) is 2.58. The fourth-order valence-corrected chi connectivity index (χ4v) is 2.56. The Labute approximate surface area is 97.4 Å². The molecular formula is C12H14BrFO. The number of aliphatic hydroxyl groups is 1. The molecule has 0 spiro atoms. The van der Waals surface area contributed by atoms with Crippen LogP contribution < -0.4 is 0 Å². The molecule has 0 saturated heterocycles. The van der Waals surface area contributed by atoms with Gasteiger partial charge in [0, 0.05) is 10.9 Å². The Morgan fingerprint density at radius 2 is 2.00 bits per heavy atom. The molecule has 0 amide bonds. The van der Waals surface area contributed by atoms with Crippen LogP contribution in [0.4, 0.5) is 4.39 Å². The van der Waals surface area contributed by atoms with Crippen LogP contribution in [0.2, 0.25) is 0 Å². The third-order valence-electron chi connectivity index (χ3n) is 3.07. The van der Waals surface area contributed by atoms with E-state index in [0.29, 0.717) is 12.0 Å². The van der Waals surface area contributed by atoms with Crippen molar-refractivity contribution >= 4 is 15.9 Å². The van der Waals surface area contributed by atoms with E-state index in [-0.39, 0.29) is 5.82 Å². The van der Waals surface area contributed by atoms with Crippen molar-refractivity contribution in [1.29, 1.82) is 0 Å². The van der Waals surface area contributed by atoms with E-state index in [0.717, 1.165) is 30.2 Å². The lowest BCUT2D eigenvalue weighted by Crippen LogP contribution is -2.27. The fraction of sp³-hybridized carbons (Fsp3) is 0.500. The summed E-state index contributed by atoms with van der Waals surface area (Å²) >= 11 is 3.22. The number of rotatable bonds is 2. The van der Waals surface area contributed by atoms with Gasteiger partial charge in [-0.25, -0.2) is 4.39 Å². The molecule has 2 rings (SSSR count). The van der Waals surface area contributed by atoms with E-state index in [2.05, 4.69) is 15.9 Å². The van der Waals surface area contributed by atoms with Crippen LogP contribution in [0.25, 0.3) is 0 Å². The lowest BCUT2D eigenvalue weighted by molar-refractivity contribution is 0.0473. The molecule has 1 nitrogen and oxygen atoms in total. The van der Waals surface area contributed by atoms with Gasteiger partial charge in [0.25, 0.3) is 0 Å².